The molecule has 0 spiro atoms. The third kappa shape index (κ3) is 5.89. The number of Topliss-reactive ketones (excluding diaryl/α,β-unsaturated/α-hetero) is 2. The van der Waals surface area contributed by atoms with Crippen LogP contribution >= 0.6 is 27.5 Å². The monoisotopic (exact) mass is 638 g/mol. The number of rotatable bonds is 6. The molecular weight excluding hydrogens is 604 g/mol. The Hall–Kier alpha value is -2.90. The fourth-order valence-electron chi connectivity index (χ4n) is 6.47. The molecule has 0 unspecified atom stereocenters. The molecule has 0 saturated carbocycles. The van der Waals surface area contributed by atoms with E-state index in [1.54, 1.807) is 30.3 Å². The van der Waals surface area contributed by atoms with Crippen molar-refractivity contribution >= 4 is 50.7 Å². The van der Waals surface area contributed by atoms with Crippen LogP contribution in [0, 0.1) is 10.8 Å². The van der Waals surface area contributed by atoms with Crippen LogP contribution in [0.5, 0.6) is 5.75 Å². The average Bonchev–Trinajstić information content (AvgIpc) is 2.87. The van der Waals surface area contributed by atoms with Gasteiger partial charge in [0.15, 0.2) is 18.2 Å². The summed E-state index contributed by atoms with van der Waals surface area (Å²) in [5.74, 6) is -0.0573. The molecule has 0 saturated heterocycles. The van der Waals surface area contributed by atoms with E-state index in [1.807, 2.05) is 12.1 Å². The van der Waals surface area contributed by atoms with E-state index in [1.165, 1.54) is 0 Å². The zero-order valence-electron chi connectivity index (χ0n) is 24.2. The van der Waals surface area contributed by atoms with Gasteiger partial charge in [-0.25, -0.2) is 0 Å². The fraction of sp³-hybridized carbons (Fsp3) is 0.424. The van der Waals surface area contributed by atoms with Crippen LogP contribution in [0.3, 0.4) is 0 Å². The Kier molecular flexibility index (Phi) is 7.99. The number of nitrogens with one attached hydrogen (secondary N) is 1. The lowest BCUT2D eigenvalue weighted by Gasteiger charge is -2.48. The Morgan fingerprint density at radius 3 is 2.10 bits per heavy atom. The molecule has 0 aromatic heterocycles. The molecule has 1 aliphatic heterocycles. The first-order chi connectivity index (χ1) is 19.3. The van der Waals surface area contributed by atoms with E-state index < -0.39 is 5.92 Å². The number of hydrogen-bond acceptors (Lipinski definition) is 5. The maximum atomic E-state index is 13.8. The summed E-state index contributed by atoms with van der Waals surface area (Å²) in [5, 5.41) is 3.20. The van der Waals surface area contributed by atoms with Crippen molar-refractivity contribution in [1.29, 1.82) is 0 Å². The maximum Gasteiger partial charge on any atom is 0.262 e. The summed E-state index contributed by atoms with van der Waals surface area (Å²) < 4.78 is 6.48. The minimum absolute atomic E-state index is 0.108. The second kappa shape index (κ2) is 11.1. The van der Waals surface area contributed by atoms with Crippen LogP contribution in [-0.2, 0) is 14.4 Å². The molecule has 216 valence electrons. The minimum Gasteiger partial charge on any atom is -0.483 e. The molecule has 2 aliphatic carbocycles. The zero-order chi connectivity index (χ0) is 29.7. The van der Waals surface area contributed by atoms with Crippen molar-refractivity contribution in [2.75, 3.05) is 18.5 Å². The normalized spacial score (nSPS) is 20.1. The number of nitrogens with zero attached hydrogens (tertiary/aromatic N) is 1. The van der Waals surface area contributed by atoms with E-state index in [2.05, 4.69) is 60.8 Å². The summed E-state index contributed by atoms with van der Waals surface area (Å²) in [6.45, 7) is 11.2. The van der Waals surface area contributed by atoms with Crippen molar-refractivity contribution in [2.45, 2.75) is 66.2 Å². The lowest BCUT2D eigenvalue weighted by molar-refractivity contribution is -0.120. The highest BCUT2D eigenvalue weighted by atomic mass is 79.9. The zero-order valence-corrected chi connectivity index (χ0v) is 26.5. The number of carbonyl (C=O) groups excluding carboxylic acids is 3. The van der Waals surface area contributed by atoms with Gasteiger partial charge in [0.25, 0.3) is 5.91 Å². The predicted molar refractivity (Wildman–Crippen MR) is 165 cm³/mol. The molecule has 0 atom stereocenters. The van der Waals surface area contributed by atoms with Gasteiger partial charge in [-0.1, -0.05) is 57.5 Å². The fourth-order valence-corrected chi connectivity index (χ4v) is 7.16. The van der Waals surface area contributed by atoms with Gasteiger partial charge in [0.2, 0.25) is 0 Å². The molecule has 0 bridgehead atoms. The van der Waals surface area contributed by atoms with Gasteiger partial charge in [-0.15, -0.1) is 0 Å². The molecule has 2 aromatic carbocycles. The molecule has 1 N–H and O–H groups in total. The molecule has 2 aromatic rings. The van der Waals surface area contributed by atoms with Gasteiger partial charge in [-0.3, -0.25) is 14.4 Å². The second-order valence-corrected chi connectivity index (χ2v) is 14.0. The van der Waals surface area contributed by atoms with E-state index >= 15 is 0 Å². The van der Waals surface area contributed by atoms with Crippen LogP contribution in [0.2, 0.25) is 5.02 Å². The molecule has 1 heterocycles. The van der Waals surface area contributed by atoms with Gasteiger partial charge < -0.3 is 15.0 Å². The number of allylic oxidation sites excluding steroid dienone is 4. The van der Waals surface area contributed by atoms with Crippen LogP contribution in [0.25, 0.3) is 0 Å². The molecule has 1 amide bonds. The summed E-state index contributed by atoms with van der Waals surface area (Å²) in [6.07, 6.45) is 2.47. The summed E-state index contributed by atoms with van der Waals surface area (Å²) in [6, 6.07) is 12.6. The molecule has 3 aliphatic rings. The van der Waals surface area contributed by atoms with Crippen LogP contribution < -0.4 is 10.1 Å². The SMILES string of the molecule is CCN1C2=C(C(=O)CC(C)(C)C2)C(c2ccc(OCC(=O)Nc3ccccc3Cl)c(Br)c2)C2=C1CC(C)(C)CC2=O. The van der Waals surface area contributed by atoms with Gasteiger partial charge in [0.1, 0.15) is 5.75 Å². The number of carbonyl (C=O) groups is 3. The Bertz CT molecular complexity index is 1450. The topological polar surface area (TPSA) is 75.7 Å². The summed E-state index contributed by atoms with van der Waals surface area (Å²) in [5.41, 5.74) is 4.68. The molecule has 8 heteroatoms. The number of ether oxygens (including phenoxy) is 1. The Morgan fingerprint density at radius 1 is 0.976 bits per heavy atom. The number of halogens is 2. The lowest BCUT2D eigenvalue weighted by Crippen LogP contribution is -2.44. The minimum atomic E-state index is -0.427. The van der Waals surface area contributed by atoms with Crippen molar-refractivity contribution in [3.8, 4) is 5.75 Å². The van der Waals surface area contributed by atoms with Gasteiger partial charge in [-0.05, 0) is 76.4 Å². The first-order valence-electron chi connectivity index (χ1n) is 14.1. The molecular formula is C33H36BrClN2O4. The van der Waals surface area contributed by atoms with Crippen LogP contribution in [0.15, 0.2) is 69.5 Å². The highest BCUT2D eigenvalue weighted by Gasteiger charge is 2.48. The Balaban J connectivity index is 1.49. The first kappa shape index (κ1) is 29.6. The van der Waals surface area contributed by atoms with Crippen molar-refractivity contribution in [3.05, 3.63) is 80.1 Å². The third-order valence-corrected chi connectivity index (χ3v) is 9.08. The number of hydrogen-bond donors (Lipinski definition) is 1. The van der Waals surface area contributed by atoms with Crippen LogP contribution in [0.1, 0.15) is 71.8 Å². The highest BCUT2D eigenvalue weighted by Crippen LogP contribution is 2.54. The van der Waals surface area contributed by atoms with Gasteiger partial charge >= 0.3 is 0 Å². The van der Waals surface area contributed by atoms with E-state index in [4.69, 9.17) is 16.3 Å². The van der Waals surface area contributed by atoms with E-state index in [-0.39, 0.29) is 34.9 Å². The smallest absolute Gasteiger partial charge is 0.262 e. The molecule has 0 radical (unpaired) electrons. The number of anilines is 1. The van der Waals surface area contributed by atoms with Crippen molar-refractivity contribution in [3.63, 3.8) is 0 Å². The van der Waals surface area contributed by atoms with Crippen molar-refractivity contribution in [1.82, 2.24) is 4.90 Å². The first-order valence-corrected chi connectivity index (χ1v) is 15.2. The highest BCUT2D eigenvalue weighted by molar-refractivity contribution is 9.10. The molecule has 5 rings (SSSR count). The van der Waals surface area contributed by atoms with Gasteiger partial charge in [0.05, 0.1) is 15.2 Å². The number of ketones is 2. The molecule has 41 heavy (non-hydrogen) atoms. The van der Waals surface area contributed by atoms with E-state index in [0.29, 0.717) is 40.3 Å². The Morgan fingerprint density at radius 2 is 1.56 bits per heavy atom. The van der Waals surface area contributed by atoms with Crippen molar-refractivity contribution in [2.24, 2.45) is 10.8 Å². The van der Waals surface area contributed by atoms with Gasteiger partial charge in [0, 0.05) is 47.8 Å². The summed E-state index contributed by atoms with van der Waals surface area (Å²) in [7, 11) is 0. The van der Waals surface area contributed by atoms with E-state index in [0.717, 1.165) is 40.9 Å². The number of para-hydroxylation sites is 1. The van der Waals surface area contributed by atoms with Crippen LogP contribution in [-0.4, -0.2) is 35.5 Å². The predicted octanol–water partition coefficient (Wildman–Crippen LogP) is 7.83. The molecule has 6 nitrogen and oxygen atoms in total. The standard InChI is InChI=1S/C33H36BrClN2O4/c1-6-37-23-14-32(2,3)16-25(38)30(23)29(31-24(37)15-33(4,5)17-26(31)39)19-11-12-27(20(34)13-19)41-18-28(40)36-22-10-8-7-9-21(22)35/h7-13,29H,6,14-18H2,1-5H3,(H,36,40). The maximum absolute atomic E-state index is 13.8. The third-order valence-electron chi connectivity index (χ3n) is 8.13. The quantitative estimate of drug-likeness (QED) is 0.349. The molecule has 0 fully saturated rings. The summed E-state index contributed by atoms with van der Waals surface area (Å²) >= 11 is 9.77. The van der Waals surface area contributed by atoms with Gasteiger partial charge in [-0.2, -0.15) is 0 Å². The Labute approximate surface area is 255 Å². The van der Waals surface area contributed by atoms with E-state index in [9.17, 15) is 14.4 Å². The lowest BCUT2D eigenvalue weighted by atomic mass is 9.63. The summed E-state index contributed by atoms with van der Waals surface area (Å²) in [4.78, 5) is 42.4. The van der Waals surface area contributed by atoms with Crippen LogP contribution in [0.4, 0.5) is 5.69 Å². The largest absolute Gasteiger partial charge is 0.483 e. The second-order valence-electron chi connectivity index (χ2n) is 12.8. The number of amides is 1. The average molecular weight is 640 g/mol. The number of benzene rings is 2. The van der Waals surface area contributed by atoms with Crippen molar-refractivity contribution < 1.29 is 19.1 Å².